The van der Waals surface area contributed by atoms with Gasteiger partial charge in [-0.1, -0.05) is 29.9 Å². The minimum absolute atomic E-state index is 0.129. The van der Waals surface area contributed by atoms with E-state index >= 15 is 0 Å². The van der Waals surface area contributed by atoms with Crippen molar-refractivity contribution in [3.63, 3.8) is 0 Å². The first-order chi connectivity index (χ1) is 14.8. The lowest BCUT2D eigenvalue weighted by Crippen LogP contribution is -2.30. The lowest BCUT2D eigenvalue weighted by Gasteiger charge is -2.06. The Balaban J connectivity index is 1.51. The summed E-state index contributed by atoms with van der Waals surface area (Å²) in [5.41, 5.74) is 1.46. The quantitative estimate of drug-likeness (QED) is 0.421. The molecule has 31 heavy (non-hydrogen) atoms. The molecule has 4 aromatic rings. The topological polar surface area (TPSA) is 103 Å². The first-order valence-corrected chi connectivity index (χ1v) is 12.0. The molecule has 2 heterocycles. The van der Waals surface area contributed by atoms with Gasteiger partial charge in [-0.3, -0.25) is 4.79 Å². The van der Waals surface area contributed by atoms with Crippen LogP contribution >= 0.6 is 22.9 Å². The molecule has 0 bridgehead atoms. The molecule has 160 valence electrons. The fourth-order valence-corrected chi connectivity index (χ4v) is 4.95. The number of carbonyl (C=O) groups excluding carboxylic acids is 1. The van der Waals surface area contributed by atoms with Crippen LogP contribution in [0.1, 0.15) is 19.8 Å². The zero-order valence-corrected chi connectivity index (χ0v) is 18.7. The smallest absolute Gasteiger partial charge is 0.293 e. The third-order valence-electron chi connectivity index (χ3n) is 4.18. The maximum Gasteiger partial charge on any atom is 0.293 e. The van der Waals surface area contributed by atoms with Gasteiger partial charge in [0.2, 0.25) is 10.9 Å². The second-order valence-corrected chi connectivity index (χ2v) is 9.83. The van der Waals surface area contributed by atoms with Crippen molar-refractivity contribution in [2.45, 2.75) is 24.1 Å². The summed E-state index contributed by atoms with van der Waals surface area (Å²) in [5, 5.41) is 4.69. The number of ether oxygens (including phenoxy) is 1. The number of hydrogen-bond acceptors (Lipinski definition) is 7. The third kappa shape index (κ3) is 4.87. The summed E-state index contributed by atoms with van der Waals surface area (Å²) in [5.74, 6) is 0.766. The van der Waals surface area contributed by atoms with Crippen molar-refractivity contribution >= 4 is 43.8 Å². The molecule has 0 unspecified atom stereocenters. The van der Waals surface area contributed by atoms with Crippen LogP contribution in [0.5, 0.6) is 11.5 Å². The molecule has 11 heteroatoms. The van der Waals surface area contributed by atoms with E-state index < -0.39 is 15.9 Å². The molecule has 2 aromatic carbocycles. The van der Waals surface area contributed by atoms with Gasteiger partial charge in [-0.05, 0) is 55.0 Å². The zero-order valence-electron chi connectivity index (χ0n) is 16.3. The molecule has 2 aromatic heterocycles. The molecule has 4 rings (SSSR count). The van der Waals surface area contributed by atoms with Gasteiger partial charge in [0.25, 0.3) is 14.4 Å². The van der Waals surface area contributed by atoms with Crippen molar-refractivity contribution in [2.24, 2.45) is 0 Å². The Labute approximate surface area is 187 Å². The van der Waals surface area contributed by atoms with Crippen LogP contribution < -0.4 is 9.46 Å². The van der Waals surface area contributed by atoms with Crippen molar-refractivity contribution in [3.8, 4) is 22.8 Å². The lowest BCUT2D eigenvalue weighted by atomic mass is 10.2. The van der Waals surface area contributed by atoms with Gasteiger partial charge >= 0.3 is 0 Å². The van der Waals surface area contributed by atoms with Crippen LogP contribution in [0.4, 0.5) is 0 Å². The number of fused-ring (bicyclic) bond motifs is 1. The van der Waals surface area contributed by atoms with Gasteiger partial charge in [-0.25, -0.2) is 14.2 Å². The number of benzene rings is 2. The summed E-state index contributed by atoms with van der Waals surface area (Å²) in [7, 11) is -4.01. The van der Waals surface area contributed by atoms with Crippen LogP contribution in [0.2, 0.25) is 5.02 Å². The molecule has 1 N–H and O–H groups in total. The summed E-state index contributed by atoms with van der Waals surface area (Å²) in [6.45, 7) is 1.79. The van der Waals surface area contributed by atoms with Gasteiger partial charge in [0, 0.05) is 17.0 Å². The average molecular weight is 477 g/mol. The molecule has 0 spiro atoms. The number of amides is 1. The molecule has 0 aliphatic heterocycles. The number of hydrogen-bond donors (Lipinski definition) is 1. The molecule has 0 aliphatic rings. The second-order valence-electron chi connectivity index (χ2n) is 6.58. The predicted molar refractivity (Wildman–Crippen MR) is 118 cm³/mol. The second kappa shape index (κ2) is 8.66. The Morgan fingerprint density at radius 1 is 1.13 bits per heavy atom. The molecule has 0 atom stereocenters. The minimum atomic E-state index is -4.01. The molecule has 0 aliphatic carbocycles. The standard InChI is InChI=1S/C20H17ClN4O4S2/c1-2-3-18(26)24-31(27,28)20-23-25-12-17(22-19(25)30-20)13-4-8-15(9-5-13)29-16-10-6-14(21)7-11-16/h4-12H,2-3H2,1H3,(H,24,26). The molecule has 0 radical (unpaired) electrons. The fourth-order valence-electron chi connectivity index (χ4n) is 2.73. The highest BCUT2D eigenvalue weighted by atomic mass is 35.5. The van der Waals surface area contributed by atoms with Gasteiger partial charge in [0.1, 0.15) is 11.5 Å². The van der Waals surface area contributed by atoms with Crippen molar-refractivity contribution in [3.05, 3.63) is 59.8 Å². The number of carbonyl (C=O) groups is 1. The molecule has 0 saturated carbocycles. The largest absolute Gasteiger partial charge is 0.457 e. The monoisotopic (exact) mass is 476 g/mol. The SMILES string of the molecule is CCCC(=O)NS(=O)(=O)c1nn2cc(-c3ccc(Oc4ccc(Cl)cc4)cc3)nc2s1. The van der Waals surface area contributed by atoms with Crippen molar-refractivity contribution < 1.29 is 17.9 Å². The molecule has 0 fully saturated rings. The summed E-state index contributed by atoms with van der Waals surface area (Å²) in [6.07, 6.45) is 2.31. The maximum atomic E-state index is 12.3. The normalized spacial score (nSPS) is 11.5. The maximum absolute atomic E-state index is 12.3. The highest BCUT2D eigenvalue weighted by Gasteiger charge is 2.23. The van der Waals surface area contributed by atoms with Gasteiger partial charge in [0.05, 0.1) is 11.9 Å². The zero-order chi connectivity index (χ0) is 22.0. The summed E-state index contributed by atoms with van der Waals surface area (Å²) < 4.78 is 33.6. The molecule has 8 nitrogen and oxygen atoms in total. The Morgan fingerprint density at radius 2 is 1.77 bits per heavy atom. The van der Waals surface area contributed by atoms with Crippen LogP contribution in [0, 0.1) is 0 Å². The highest BCUT2D eigenvalue weighted by Crippen LogP contribution is 2.28. The first kappa shape index (κ1) is 21.3. The van der Waals surface area contributed by atoms with E-state index in [0.717, 1.165) is 16.9 Å². The van der Waals surface area contributed by atoms with Gasteiger partial charge in [0.15, 0.2) is 0 Å². The molecule has 0 saturated heterocycles. The van der Waals surface area contributed by atoms with E-state index in [-0.39, 0.29) is 10.8 Å². The summed E-state index contributed by atoms with van der Waals surface area (Å²) in [4.78, 5) is 16.5. The van der Waals surface area contributed by atoms with Crippen LogP contribution in [0.25, 0.3) is 16.2 Å². The number of imidazole rings is 1. The van der Waals surface area contributed by atoms with E-state index in [9.17, 15) is 13.2 Å². The fraction of sp³-hybridized carbons (Fsp3) is 0.150. The number of sulfonamides is 1. The van der Waals surface area contributed by atoms with Crippen molar-refractivity contribution in [1.82, 2.24) is 19.3 Å². The van der Waals surface area contributed by atoms with Crippen LogP contribution in [-0.4, -0.2) is 28.9 Å². The number of halogens is 1. The number of nitrogens with zero attached hydrogens (tertiary/aromatic N) is 3. The molecular weight excluding hydrogens is 460 g/mol. The van der Waals surface area contributed by atoms with E-state index in [2.05, 4.69) is 10.1 Å². The number of aromatic nitrogens is 3. The minimum Gasteiger partial charge on any atom is -0.457 e. The summed E-state index contributed by atoms with van der Waals surface area (Å²) >= 11 is 6.76. The Kier molecular flexibility index (Phi) is 5.94. The highest BCUT2D eigenvalue weighted by molar-refractivity contribution is 7.92. The van der Waals surface area contributed by atoms with Crippen LogP contribution in [-0.2, 0) is 14.8 Å². The van der Waals surface area contributed by atoms with Crippen molar-refractivity contribution in [2.75, 3.05) is 0 Å². The Bertz CT molecular complexity index is 1300. The third-order valence-corrected chi connectivity index (χ3v) is 7.09. The van der Waals surface area contributed by atoms with Crippen LogP contribution in [0.3, 0.4) is 0 Å². The summed E-state index contributed by atoms with van der Waals surface area (Å²) in [6, 6.07) is 14.4. The Morgan fingerprint density at radius 3 is 2.39 bits per heavy atom. The number of nitrogens with one attached hydrogen (secondary N) is 1. The van der Waals surface area contributed by atoms with E-state index in [1.54, 1.807) is 37.4 Å². The van der Waals surface area contributed by atoms with Crippen molar-refractivity contribution in [1.29, 1.82) is 0 Å². The van der Waals surface area contributed by atoms with Gasteiger partial charge in [-0.2, -0.15) is 8.42 Å². The van der Waals surface area contributed by atoms with E-state index in [1.807, 2.05) is 29.0 Å². The Hall–Kier alpha value is -2.95. The van der Waals surface area contributed by atoms with Gasteiger partial charge in [-0.15, -0.1) is 5.10 Å². The van der Waals surface area contributed by atoms with Crippen LogP contribution in [0.15, 0.2) is 59.1 Å². The predicted octanol–water partition coefficient (Wildman–Crippen LogP) is 4.51. The van der Waals surface area contributed by atoms with Gasteiger partial charge < -0.3 is 4.74 Å². The number of rotatable bonds is 7. The molecular formula is C20H17ClN4O4S2. The first-order valence-electron chi connectivity index (χ1n) is 9.30. The van der Waals surface area contributed by atoms with E-state index in [0.29, 0.717) is 33.6 Å². The lowest BCUT2D eigenvalue weighted by molar-refractivity contribution is -0.119. The van der Waals surface area contributed by atoms with E-state index in [4.69, 9.17) is 16.3 Å². The molecule has 1 amide bonds. The van der Waals surface area contributed by atoms with E-state index in [1.165, 1.54) is 4.52 Å². The average Bonchev–Trinajstić information content (AvgIpc) is 3.30.